The summed E-state index contributed by atoms with van der Waals surface area (Å²) < 4.78 is 47.5. The molecule has 2 heterocycles. The topological polar surface area (TPSA) is 139 Å². The maximum atomic E-state index is 14.0. The van der Waals surface area contributed by atoms with Crippen LogP contribution in [0.15, 0.2) is 101 Å². The minimum absolute atomic E-state index is 0.00949. The number of furan rings is 1. The zero-order valence-electron chi connectivity index (χ0n) is 30.2. The maximum Gasteiger partial charge on any atom is 0.253 e. The number of carbonyl (C=O) groups is 2. The Hall–Kier alpha value is -6.24. The molecular weight excluding hydrogens is 706 g/mol. The van der Waals surface area contributed by atoms with Crippen LogP contribution in [0.3, 0.4) is 0 Å². The minimum atomic E-state index is -3.99. The van der Waals surface area contributed by atoms with Crippen LogP contribution < -0.4 is 4.31 Å². The monoisotopic (exact) mass is 743 g/mol. The van der Waals surface area contributed by atoms with Gasteiger partial charge in [-0.2, -0.15) is 10.5 Å². The van der Waals surface area contributed by atoms with Crippen molar-refractivity contribution in [3.8, 4) is 34.6 Å². The third-order valence-corrected chi connectivity index (χ3v) is 10.7. The highest BCUT2D eigenvalue weighted by Crippen LogP contribution is 2.42. The van der Waals surface area contributed by atoms with Gasteiger partial charge in [0.1, 0.15) is 30.2 Å². The molecule has 0 N–H and O–H groups in total. The van der Waals surface area contributed by atoms with Gasteiger partial charge in [-0.25, -0.2) is 12.8 Å². The quantitative estimate of drug-likeness (QED) is 0.0995. The Morgan fingerprint density at radius 1 is 0.852 bits per heavy atom. The van der Waals surface area contributed by atoms with E-state index in [1.165, 1.54) is 6.07 Å². The van der Waals surface area contributed by atoms with Crippen molar-refractivity contribution in [3.05, 3.63) is 119 Å². The summed E-state index contributed by atoms with van der Waals surface area (Å²) in [5.41, 5.74) is 4.91. The molecule has 0 atom stereocenters. The van der Waals surface area contributed by atoms with Gasteiger partial charge in [0.25, 0.3) is 5.91 Å². The summed E-state index contributed by atoms with van der Waals surface area (Å²) >= 11 is 0. The molecule has 0 bridgehead atoms. The molecule has 1 aliphatic rings. The molecule has 0 spiro atoms. The van der Waals surface area contributed by atoms with E-state index >= 15 is 0 Å². The molecule has 1 aliphatic heterocycles. The van der Waals surface area contributed by atoms with Crippen molar-refractivity contribution < 1.29 is 26.8 Å². The van der Waals surface area contributed by atoms with E-state index in [9.17, 15) is 32.9 Å². The fourth-order valence-corrected chi connectivity index (χ4v) is 7.73. The summed E-state index contributed by atoms with van der Waals surface area (Å²) in [7, 11) is -3.99. The van der Waals surface area contributed by atoms with E-state index in [4.69, 9.17) is 4.42 Å². The SMILES string of the molecule is CCC(=O)c1c(-c2ccc(C)cc2)oc2cc(N(CCF)S(C)(=O)=O)c(-c3cccc(C(=O)N4CCN(C(=C(C#N)C#N)c5ccccc5)CC4)c3)cc12. The number of amides is 1. The molecule has 10 nitrogen and oxygen atoms in total. The predicted octanol–water partition coefficient (Wildman–Crippen LogP) is 7.62. The van der Waals surface area contributed by atoms with Crippen molar-refractivity contribution in [1.82, 2.24) is 9.80 Å². The molecule has 4 aromatic carbocycles. The normalized spacial score (nSPS) is 12.9. The van der Waals surface area contributed by atoms with Crippen molar-refractivity contribution >= 4 is 44.1 Å². The van der Waals surface area contributed by atoms with Gasteiger partial charge in [0, 0.05) is 60.7 Å². The summed E-state index contributed by atoms with van der Waals surface area (Å²) in [6.07, 6.45) is 1.19. The average molecular weight is 744 g/mol. The van der Waals surface area contributed by atoms with Gasteiger partial charge >= 0.3 is 0 Å². The fraction of sp³-hybridized carbons (Fsp3) is 0.238. The van der Waals surface area contributed by atoms with E-state index in [1.807, 2.05) is 78.6 Å². The van der Waals surface area contributed by atoms with Gasteiger partial charge in [-0.3, -0.25) is 13.9 Å². The molecule has 12 heteroatoms. The van der Waals surface area contributed by atoms with Crippen LogP contribution in [0.1, 0.15) is 45.2 Å². The number of halogens is 1. The van der Waals surface area contributed by atoms with E-state index in [-0.39, 0.29) is 35.0 Å². The summed E-state index contributed by atoms with van der Waals surface area (Å²) in [6, 6.07) is 30.7. The summed E-state index contributed by atoms with van der Waals surface area (Å²) in [6.45, 7) is 3.70. The number of nitrogens with zero attached hydrogens (tertiary/aromatic N) is 5. The number of sulfonamides is 1. The zero-order chi connectivity index (χ0) is 38.6. The van der Waals surface area contributed by atoms with Crippen LogP contribution in [0.5, 0.6) is 0 Å². The smallest absolute Gasteiger partial charge is 0.253 e. The molecule has 1 aromatic heterocycles. The second-order valence-corrected chi connectivity index (χ2v) is 14.9. The molecule has 274 valence electrons. The van der Waals surface area contributed by atoms with Crippen molar-refractivity contribution in [3.63, 3.8) is 0 Å². The lowest BCUT2D eigenvalue weighted by Gasteiger charge is -2.37. The number of benzene rings is 4. The number of hydrogen-bond donors (Lipinski definition) is 0. The molecule has 5 aromatic rings. The highest BCUT2D eigenvalue weighted by atomic mass is 32.2. The molecule has 54 heavy (non-hydrogen) atoms. The van der Waals surface area contributed by atoms with Gasteiger partial charge in [0.2, 0.25) is 10.0 Å². The van der Waals surface area contributed by atoms with Crippen LogP contribution in [0, 0.1) is 29.6 Å². The Labute approximate surface area is 314 Å². The fourth-order valence-electron chi connectivity index (χ4n) is 6.82. The molecular formula is C42H38FN5O5S. The largest absolute Gasteiger partial charge is 0.455 e. The van der Waals surface area contributed by atoms with E-state index in [2.05, 4.69) is 0 Å². The Morgan fingerprint density at radius 2 is 1.50 bits per heavy atom. The van der Waals surface area contributed by atoms with Crippen LogP contribution >= 0.6 is 0 Å². The first-order valence-electron chi connectivity index (χ1n) is 17.5. The van der Waals surface area contributed by atoms with Crippen molar-refractivity contribution in [2.45, 2.75) is 20.3 Å². The number of fused-ring (bicyclic) bond motifs is 1. The second-order valence-electron chi connectivity index (χ2n) is 13.0. The number of anilines is 1. The number of allylic oxidation sites excluding steroid dienone is 1. The molecule has 0 unspecified atom stereocenters. The molecule has 0 radical (unpaired) electrons. The van der Waals surface area contributed by atoms with E-state index in [0.717, 1.165) is 21.7 Å². The first-order chi connectivity index (χ1) is 26.0. The molecule has 0 aliphatic carbocycles. The summed E-state index contributed by atoms with van der Waals surface area (Å²) in [4.78, 5) is 31.1. The van der Waals surface area contributed by atoms with E-state index in [1.54, 1.807) is 42.2 Å². The Kier molecular flexibility index (Phi) is 11.0. The first-order valence-corrected chi connectivity index (χ1v) is 19.3. The van der Waals surface area contributed by atoms with E-state index < -0.39 is 23.2 Å². The molecule has 1 amide bonds. The van der Waals surface area contributed by atoms with Gasteiger partial charge in [0.15, 0.2) is 11.4 Å². The standard InChI is InChI=1S/C42H38FN5O5S/c1-4-37(49)39-35-24-34(36(48(18-17-43)54(3,51)52)25-38(35)53-41(39)30-15-13-28(2)14-16-30)31-11-8-12-32(23-31)42(50)47-21-19-46(20-22-47)40(33(26-44)27-45)29-9-6-5-7-10-29/h5-16,23-25H,4,17-22H2,1-3H3. The van der Waals surface area contributed by atoms with Crippen LogP contribution in [0.25, 0.3) is 39.1 Å². The number of carbonyl (C=O) groups excluding carboxylic acids is 2. The van der Waals surface area contributed by atoms with Crippen LogP contribution in [-0.2, 0) is 10.0 Å². The lowest BCUT2D eigenvalue weighted by atomic mass is 9.95. The number of rotatable bonds is 11. The lowest BCUT2D eigenvalue weighted by molar-refractivity contribution is 0.0686. The highest BCUT2D eigenvalue weighted by molar-refractivity contribution is 7.92. The van der Waals surface area contributed by atoms with Gasteiger partial charge in [-0.05, 0) is 36.2 Å². The minimum Gasteiger partial charge on any atom is -0.455 e. The van der Waals surface area contributed by atoms with Crippen molar-refractivity contribution in [2.24, 2.45) is 0 Å². The highest BCUT2D eigenvalue weighted by Gasteiger charge is 2.29. The Morgan fingerprint density at radius 3 is 2.11 bits per heavy atom. The van der Waals surface area contributed by atoms with Crippen LogP contribution in [0.2, 0.25) is 0 Å². The van der Waals surface area contributed by atoms with Crippen LogP contribution in [-0.4, -0.2) is 75.6 Å². The number of Topliss-reactive ketones (excluding diaryl/α,β-unsaturated/α-hetero) is 1. The van der Waals surface area contributed by atoms with Gasteiger partial charge in [-0.15, -0.1) is 0 Å². The molecule has 1 fully saturated rings. The lowest BCUT2D eigenvalue weighted by Crippen LogP contribution is -2.48. The first kappa shape index (κ1) is 37.5. The number of piperazine rings is 1. The Bertz CT molecular complexity index is 2440. The maximum absolute atomic E-state index is 14.0. The predicted molar refractivity (Wildman–Crippen MR) is 207 cm³/mol. The second kappa shape index (κ2) is 15.8. The third kappa shape index (κ3) is 7.47. The number of nitriles is 2. The number of hydrogen-bond acceptors (Lipinski definition) is 8. The third-order valence-electron chi connectivity index (χ3n) is 9.49. The number of alkyl halides is 1. The summed E-state index contributed by atoms with van der Waals surface area (Å²) in [5, 5.41) is 19.9. The van der Waals surface area contributed by atoms with Gasteiger partial charge in [0.05, 0.1) is 29.7 Å². The Balaban J connectivity index is 1.41. The summed E-state index contributed by atoms with van der Waals surface area (Å²) in [5.74, 6) is -0.0844. The van der Waals surface area contributed by atoms with Crippen molar-refractivity contribution in [2.75, 3.05) is 50.0 Å². The molecule has 6 rings (SSSR count). The number of aryl methyl sites for hydroxylation is 1. The van der Waals surface area contributed by atoms with Crippen molar-refractivity contribution in [1.29, 1.82) is 10.5 Å². The molecule has 0 saturated carbocycles. The number of ketones is 1. The zero-order valence-corrected chi connectivity index (χ0v) is 31.0. The van der Waals surface area contributed by atoms with Crippen LogP contribution in [0.4, 0.5) is 10.1 Å². The average Bonchev–Trinajstić information content (AvgIpc) is 3.56. The molecule has 1 saturated heterocycles. The van der Waals surface area contributed by atoms with Gasteiger partial charge in [-0.1, -0.05) is 79.2 Å². The van der Waals surface area contributed by atoms with Gasteiger partial charge < -0.3 is 14.2 Å². The van der Waals surface area contributed by atoms with E-state index in [0.29, 0.717) is 70.8 Å².